The Morgan fingerprint density at radius 1 is 1.25 bits per heavy atom. The molecule has 2 heterocycles. The number of hydrogen-bond acceptors (Lipinski definition) is 4. The first-order valence-electron chi connectivity index (χ1n) is 7.07. The van der Waals surface area contributed by atoms with E-state index in [1.165, 1.54) is 15.2 Å². The van der Waals surface area contributed by atoms with Gasteiger partial charge in [-0.3, -0.25) is 4.68 Å². The molecule has 0 bridgehead atoms. The second kappa shape index (κ2) is 7.59. The van der Waals surface area contributed by atoms with Crippen LogP contribution in [0.4, 0.5) is 0 Å². The lowest BCUT2D eigenvalue weighted by Crippen LogP contribution is -2.49. The zero-order valence-corrected chi connectivity index (χ0v) is 16.0. The molecule has 1 atom stereocenters. The van der Waals surface area contributed by atoms with Crippen molar-refractivity contribution >= 4 is 45.6 Å². The Kier molecular flexibility index (Phi) is 6.17. The van der Waals surface area contributed by atoms with Gasteiger partial charge in [0.25, 0.3) is 10.0 Å². The van der Waals surface area contributed by atoms with Gasteiger partial charge in [0.15, 0.2) is 5.03 Å². The fraction of sp³-hybridized carbons (Fsp3) is 0.357. The quantitative estimate of drug-likeness (QED) is 0.842. The molecule has 1 unspecified atom stereocenters. The number of nitrogens with one attached hydrogen (secondary N) is 1. The molecule has 0 saturated carbocycles. The Morgan fingerprint density at radius 2 is 1.96 bits per heavy atom. The van der Waals surface area contributed by atoms with E-state index < -0.39 is 16.1 Å². The van der Waals surface area contributed by atoms with Gasteiger partial charge in [0.1, 0.15) is 0 Å². The summed E-state index contributed by atoms with van der Waals surface area (Å²) >= 11 is 12.3. The standard InChI is InChI=1S/C14H16Cl2N4O2S.ClH/c1-19-14(12(16)8-18-19)23(21,22)20-7-6-17-9-13(20)10-4-2-3-5-11(10)15;/h2-5,8,13,17H,6-7,9H2,1H3;1H. The highest BCUT2D eigenvalue weighted by Crippen LogP contribution is 2.34. The lowest BCUT2D eigenvalue weighted by atomic mass is 10.1. The molecule has 0 spiro atoms. The van der Waals surface area contributed by atoms with Crippen LogP contribution in [0, 0.1) is 0 Å². The maximum atomic E-state index is 13.1. The molecular formula is C14H17Cl3N4O2S. The fourth-order valence-corrected chi connectivity index (χ4v) is 5.26. The molecule has 2 aromatic rings. The summed E-state index contributed by atoms with van der Waals surface area (Å²) in [6, 6.07) is 6.87. The second-order valence-corrected chi connectivity index (χ2v) is 7.90. The van der Waals surface area contributed by atoms with Crippen molar-refractivity contribution in [1.82, 2.24) is 19.4 Å². The van der Waals surface area contributed by atoms with E-state index in [0.717, 1.165) is 5.56 Å². The summed E-state index contributed by atoms with van der Waals surface area (Å²) in [5, 5.41) is 7.80. The highest BCUT2D eigenvalue weighted by molar-refractivity contribution is 7.89. The van der Waals surface area contributed by atoms with Gasteiger partial charge in [-0.05, 0) is 11.6 Å². The van der Waals surface area contributed by atoms with Crippen LogP contribution >= 0.6 is 35.6 Å². The van der Waals surface area contributed by atoms with E-state index >= 15 is 0 Å². The average molecular weight is 412 g/mol. The molecule has 1 fully saturated rings. The zero-order chi connectivity index (χ0) is 16.6. The van der Waals surface area contributed by atoms with Crippen molar-refractivity contribution in [2.75, 3.05) is 19.6 Å². The van der Waals surface area contributed by atoms with Gasteiger partial charge < -0.3 is 5.32 Å². The number of aromatic nitrogens is 2. The molecule has 1 saturated heterocycles. The highest BCUT2D eigenvalue weighted by atomic mass is 35.5. The van der Waals surface area contributed by atoms with Crippen molar-refractivity contribution < 1.29 is 8.42 Å². The van der Waals surface area contributed by atoms with E-state index in [-0.39, 0.29) is 22.5 Å². The van der Waals surface area contributed by atoms with Crippen molar-refractivity contribution in [3.05, 3.63) is 46.1 Å². The Hall–Kier alpha value is -0.830. The fourth-order valence-electron chi connectivity index (χ4n) is 2.78. The number of nitrogens with zero attached hydrogens (tertiary/aromatic N) is 3. The number of rotatable bonds is 3. The third-order valence-electron chi connectivity index (χ3n) is 3.85. The first-order chi connectivity index (χ1) is 10.9. The molecular weight excluding hydrogens is 395 g/mol. The Morgan fingerprint density at radius 3 is 2.58 bits per heavy atom. The van der Waals surface area contributed by atoms with E-state index in [1.54, 1.807) is 13.1 Å². The Labute approximate surface area is 157 Å². The largest absolute Gasteiger partial charge is 0.313 e. The minimum Gasteiger partial charge on any atom is -0.313 e. The third-order valence-corrected chi connectivity index (χ3v) is 6.61. The first-order valence-corrected chi connectivity index (χ1v) is 9.27. The third kappa shape index (κ3) is 3.42. The molecule has 0 amide bonds. The number of halogens is 3. The van der Waals surface area contributed by atoms with Gasteiger partial charge in [0.05, 0.1) is 17.3 Å². The van der Waals surface area contributed by atoms with Crippen molar-refractivity contribution in [2.24, 2.45) is 7.05 Å². The predicted molar refractivity (Wildman–Crippen MR) is 96.4 cm³/mol. The number of sulfonamides is 1. The van der Waals surface area contributed by atoms with E-state index in [2.05, 4.69) is 10.4 Å². The lowest BCUT2D eigenvalue weighted by Gasteiger charge is -2.35. The van der Waals surface area contributed by atoms with E-state index in [4.69, 9.17) is 23.2 Å². The summed E-state index contributed by atoms with van der Waals surface area (Å²) in [4.78, 5) is 0. The number of aryl methyl sites for hydroxylation is 1. The van der Waals surface area contributed by atoms with E-state index in [0.29, 0.717) is 24.7 Å². The minimum absolute atomic E-state index is 0. The summed E-state index contributed by atoms with van der Waals surface area (Å²) < 4.78 is 28.9. The van der Waals surface area contributed by atoms with Gasteiger partial charge in [-0.15, -0.1) is 12.4 Å². The molecule has 1 N–H and O–H groups in total. The monoisotopic (exact) mass is 410 g/mol. The molecule has 0 radical (unpaired) electrons. The number of piperazine rings is 1. The molecule has 0 aliphatic carbocycles. The van der Waals surface area contributed by atoms with Crippen LogP contribution in [-0.4, -0.2) is 42.1 Å². The highest BCUT2D eigenvalue weighted by Gasteiger charge is 2.38. The van der Waals surface area contributed by atoms with Crippen LogP contribution in [0.2, 0.25) is 10.0 Å². The molecule has 3 rings (SSSR count). The van der Waals surface area contributed by atoms with Gasteiger partial charge in [-0.1, -0.05) is 41.4 Å². The van der Waals surface area contributed by atoms with Gasteiger partial charge in [-0.2, -0.15) is 9.40 Å². The molecule has 1 aromatic carbocycles. The van der Waals surface area contributed by atoms with Crippen molar-refractivity contribution in [1.29, 1.82) is 0 Å². The van der Waals surface area contributed by atoms with Gasteiger partial charge in [0.2, 0.25) is 0 Å². The summed E-state index contributed by atoms with van der Waals surface area (Å²) in [5.41, 5.74) is 0.767. The number of benzene rings is 1. The first kappa shape index (κ1) is 19.5. The second-order valence-electron chi connectivity index (χ2n) is 5.28. The van der Waals surface area contributed by atoms with Crippen molar-refractivity contribution in [3.8, 4) is 0 Å². The van der Waals surface area contributed by atoms with E-state index in [9.17, 15) is 8.42 Å². The van der Waals surface area contributed by atoms with Crippen molar-refractivity contribution in [2.45, 2.75) is 11.1 Å². The summed E-state index contributed by atoms with van der Waals surface area (Å²) in [7, 11) is -2.23. The molecule has 1 aliphatic rings. The Bertz CT molecular complexity index is 806. The van der Waals surface area contributed by atoms with Crippen LogP contribution in [0.5, 0.6) is 0 Å². The van der Waals surface area contributed by atoms with Crippen LogP contribution in [0.3, 0.4) is 0 Å². The molecule has 6 nitrogen and oxygen atoms in total. The molecule has 10 heteroatoms. The van der Waals surface area contributed by atoms with E-state index in [1.807, 2.05) is 18.2 Å². The minimum atomic E-state index is -3.79. The maximum Gasteiger partial charge on any atom is 0.262 e. The smallest absolute Gasteiger partial charge is 0.262 e. The number of hydrogen-bond donors (Lipinski definition) is 1. The molecule has 132 valence electrons. The zero-order valence-electron chi connectivity index (χ0n) is 12.8. The van der Waals surface area contributed by atoms with Crippen LogP contribution in [-0.2, 0) is 17.1 Å². The molecule has 24 heavy (non-hydrogen) atoms. The predicted octanol–water partition coefficient (Wildman–Crippen LogP) is 2.48. The van der Waals surface area contributed by atoms with Gasteiger partial charge in [0, 0.05) is 31.7 Å². The normalized spacial score (nSPS) is 19.0. The average Bonchev–Trinajstić information content (AvgIpc) is 2.87. The SMILES string of the molecule is Cl.Cn1ncc(Cl)c1S(=O)(=O)N1CCNCC1c1ccccc1Cl. The summed E-state index contributed by atoms with van der Waals surface area (Å²) in [6.07, 6.45) is 1.33. The van der Waals surface area contributed by atoms with Crippen LogP contribution in [0.15, 0.2) is 35.5 Å². The van der Waals surface area contributed by atoms with Gasteiger partial charge >= 0.3 is 0 Å². The summed E-state index contributed by atoms with van der Waals surface area (Å²) in [5.74, 6) is 0. The maximum absolute atomic E-state index is 13.1. The lowest BCUT2D eigenvalue weighted by molar-refractivity contribution is 0.270. The van der Waals surface area contributed by atoms with Crippen LogP contribution < -0.4 is 5.32 Å². The van der Waals surface area contributed by atoms with Crippen molar-refractivity contribution in [3.63, 3.8) is 0 Å². The van der Waals surface area contributed by atoms with Crippen LogP contribution in [0.25, 0.3) is 0 Å². The molecule has 1 aliphatic heterocycles. The van der Waals surface area contributed by atoms with Crippen LogP contribution in [0.1, 0.15) is 11.6 Å². The molecule has 1 aromatic heterocycles. The Balaban J connectivity index is 0.00000208. The summed E-state index contributed by atoms with van der Waals surface area (Å²) in [6.45, 7) is 1.38. The topological polar surface area (TPSA) is 67.2 Å². The van der Waals surface area contributed by atoms with Gasteiger partial charge in [-0.25, -0.2) is 8.42 Å².